The van der Waals surface area contributed by atoms with E-state index in [1.54, 1.807) is 54.6 Å². The Bertz CT molecular complexity index is 1460. The summed E-state index contributed by atoms with van der Waals surface area (Å²) in [4.78, 5) is 34.7. The number of nitro benzene ring substituents is 2. The number of hydrogen-bond donors (Lipinski definition) is 0. The van der Waals surface area contributed by atoms with Crippen molar-refractivity contribution in [2.45, 2.75) is 16.4 Å². The van der Waals surface area contributed by atoms with Crippen LogP contribution < -0.4 is 4.74 Å². The van der Waals surface area contributed by atoms with Gasteiger partial charge in [-0.05, 0) is 48.0 Å². The van der Waals surface area contributed by atoms with Crippen LogP contribution in [-0.4, -0.2) is 15.8 Å². The van der Waals surface area contributed by atoms with E-state index < -0.39 is 15.8 Å². The second-order valence-corrected chi connectivity index (χ2v) is 8.98. The zero-order valence-electron chi connectivity index (χ0n) is 18.9. The summed E-state index contributed by atoms with van der Waals surface area (Å²) in [7, 11) is 0. The van der Waals surface area contributed by atoms with Gasteiger partial charge in [0.15, 0.2) is 0 Å². The van der Waals surface area contributed by atoms with Crippen molar-refractivity contribution in [2.75, 3.05) is 0 Å². The van der Waals surface area contributed by atoms with Crippen molar-refractivity contribution in [3.05, 3.63) is 127 Å². The number of halogens is 1. The van der Waals surface area contributed by atoms with E-state index >= 15 is 0 Å². The summed E-state index contributed by atoms with van der Waals surface area (Å²) in [5.74, 6) is 0.355. The highest BCUT2D eigenvalue weighted by Gasteiger charge is 2.21. The summed E-state index contributed by atoms with van der Waals surface area (Å²) < 4.78 is 11.1. The van der Waals surface area contributed by atoms with Gasteiger partial charge in [0.25, 0.3) is 11.4 Å². The lowest BCUT2D eigenvalue weighted by Crippen LogP contribution is -2.06. The number of nitrogens with zero attached hydrogens (tertiary/aromatic N) is 2. The van der Waals surface area contributed by atoms with Crippen molar-refractivity contribution in [3.8, 4) is 11.5 Å². The fourth-order valence-corrected chi connectivity index (χ4v) is 4.55. The summed E-state index contributed by atoms with van der Waals surface area (Å²) in [5, 5.41) is 22.4. The van der Waals surface area contributed by atoms with E-state index in [1.165, 1.54) is 36.4 Å². The number of carbonyl (C=O) groups is 1. The molecule has 0 aliphatic rings. The van der Waals surface area contributed by atoms with E-state index in [4.69, 9.17) is 21.1 Å². The molecule has 4 aromatic rings. The molecule has 0 aliphatic heterocycles. The van der Waals surface area contributed by atoms with Gasteiger partial charge in [-0.3, -0.25) is 20.2 Å². The van der Waals surface area contributed by atoms with Crippen molar-refractivity contribution in [1.82, 2.24) is 0 Å². The van der Waals surface area contributed by atoms with Gasteiger partial charge in [-0.15, -0.1) is 0 Å². The van der Waals surface area contributed by atoms with Crippen molar-refractivity contribution < 1.29 is 24.1 Å². The maximum absolute atomic E-state index is 12.8. The zero-order valence-corrected chi connectivity index (χ0v) is 20.5. The van der Waals surface area contributed by atoms with Crippen molar-refractivity contribution in [2.24, 2.45) is 0 Å². The Balaban J connectivity index is 1.41. The van der Waals surface area contributed by atoms with Crippen LogP contribution in [0.1, 0.15) is 15.9 Å². The smallest absolute Gasteiger partial charge is 0.339 e. The van der Waals surface area contributed by atoms with Gasteiger partial charge in [-0.2, -0.15) is 0 Å². The molecule has 0 heterocycles. The molecule has 0 aromatic heterocycles. The summed E-state index contributed by atoms with van der Waals surface area (Å²) in [5.41, 5.74) is 0.766. The maximum atomic E-state index is 12.8. The lowest BCUT2D eigenvalue weighted by Gasteiger charge is -2.11. The fourth-order valence-electron chi connectivity index (χ4n) is 3.23. The van der Waals surface area contributed by atoms with E-state index in [9.17, 15) is 25.0 Å². The van der Waals surface area contributed by atoms with E-state index in [0.29, 0.717) is 22.0 Å². The summed E-state index contributed by atoms with van der Waals surface area (Å²) >= 11 is 7.22. The largest absolute Gasteiger partial charge is 0.457 e. The lowest BCUT2D eigenvalue weighted by molar-refractivity contribution is -0.387. The topological polar surface area (TPSA) is 122 Å². The van der Waals surface area contributed by atoms with Crippen LogP contribution in [0.4, 0.5) is 11.4 Å². The van der Waals surface area contributed by atoms with Crippen LogP contribution in [0, 0.1) is 20.2 Å². The molecule has 0 bridgehead atoms. The Morgan fingerprint density at radius 3 is 2.11 bits per heavy atom. The average Bonchev–Trinajstić information content (AvgIpc) is 2.89. The minimum absolute atomic E-state index is 0.0120. The highest BCUT2D eigenvalue weighted by molar-refractivity contribution is 7.99. The summed E-state index contributed by atoms with van der Waals surface area (Å²) in [6, 6.07) is 23.5. The predicted octanol–water partition coefficient (Wildman–Crippen LogP) is 7.46. The van der Waals surface area contributed by atoms with Crippen molar-refractivity contribution in [3.63, 3.8) is 0 Å². The molecule has 0 N–H and O–H groups in total. The summed E-state index contributed by atoms with van der Waals surface area (Å²) in [6.07, 6.45) is 0. The van der Waals surface area contributed by atoms with Gasteiger partial charge in [-0.1, -0.05) is 53.7 Å². The van der Waals surface area contributed by atoms with Gasteiger partial charge in [-0.25, -0.2) is 4.79 Å². The molecule has 0 atom stereocenters. The van der Waals surface area contributed by atoms with Gasteiger partial charge in [0.2, 0.25) is 0 Å². The lowest BCUT2D eigenvalue weighted by atomic mass is 10.2. The van der Waals surface area contributed by atoms with Gasteiger partial charge < -0.3 is 9.47 Å². The highest BCUT2D eigenvalue weighted by atomic mass is 35.5. The van der Waals surface area contributed by atoms with Crippen LogP contribution in [0.2, 0.25) is 5.02 Å². The normalized spacial score (nSPS) is 10.5. The molecule has 186 valence electrons. The van der Waals surface area contributed by atoms with E-state index in [-0.39, 0.29) is 33.5 Å². The fraction of sp³-hybridized carbons (Fsp3) is 0.0385. The van der Waals surface area contributed by atoms with E-state index in [2.05, 4.69) is 0 Å². The number of esters is 1. The third kappa shape index (κ3) is 6.43. The zero-order chi connectivity index (χ0) is 26.4. The Kier molecular flexibility index (Phi) is 8.02. The molecule has 11 heteroatoms. The standard InChI is InChI=1S/C26H17ClN2O7S/c27-22-5-3-6-23(29(33)34)25(22)37-24-7-2-1-4-21(24)26(30)35-16-17-8-12-19(13-9-17)36-20-14-10-18(11-15-20)28(31)32/h1-15H,16H2. The molecule has 0 aliphatic carbocycles. The van der Waals surface area contributed by atoms with E-state index in [1.807, 2.05) is 0 Å². The molecular formula is C26H17ClN2O7S. The molecule has 37 heavy (non-hydrogen) atoms. The molecule has 9 nitrogen and oxygen atoms in total. The van der Waals surface area contributed by atoms with Crippen LogP contribution in [0.5, 0.6) is 11.5 Å². The molecule has 0 saturated carbocycles. The Morgan fingerprint density at radius 1 is 0.811 bits per heavy atom. The van der Waals surface area contributed by atoms with Crippen molar-refractivity contribution >= 4 is 40.7 Å². The van der Waals surface area contributed by atoms with E-state index in [0.717, 1.165) is 11.8 Å². The molecule has 0 amide bonds. The van der Waals surface area contributed by atoms with Crippen molar-refractivity contribution in [1.29, 1.82) is 0 Å². The first-order chi connectivity index (χ1) is 17.8. The Labute approximate surface area is 219 Å². The second-order valence-electron chi connectivity index (χ2n) is 7.52. The molecule has 4 rings (SSSR count). The van der Waals surface area contributed by atoms with Crippen LogP contribution in [0.15, 0.2) is 101 Å². The number of hydrogen-bond acceptors (Lipinski definition) is 8. The van der Waals surface area contributed by atoms with Gasteiger partial charge in [0.05, 0.1) is 20.4 Å². The molecule has 0 radical (unpaired) electrons. The quantitative estimate of drug-likeness (QED) is 0.123. The number of rotatable bonds is 9. The molecule has 0 fully saturated rings. The van der Waals surface area contributed by atoms with Crippen LogP contribution in [-0.2, 0) is 11.3 Å². The van der Waals surface area contributed by atoms with Gasteiger partial charge in [0.1, 0.15) is 23.0 Å². The molecule has 0 saturated heterocycles. The monoisotopic (exact) mass is 536 g/mol. The molecular weight excluding hydrogens is 520 g/mol. The minimum Gasteiger partial charge on any atom is -0.457 e. The number of ether oxygens (including phenoxy) is 2. The number of non-ortho nitro benzene ring substituents is 1. The Morgan fingerprint density at radius 2 is 1.46 bits per heavy atom. The molecule has 0 unspecified atom stereocenters. The first-order valence-electron chi connectivity index (χ1n) is 10.7. The molecule has 4 aromatic carbocycles. The highest BCUT2D eigenvalue weighted by Crippen LogP contribution is 2.41. The average molecular weight is 537 g/mol. The second kappa shape index (κ2) is 11.5. The number of nitro groups is 2. The van der Waals surface area contributed by atoms with Crippen LogP contribution in [0.3, 0.4) is 0 Å². The van der Waals surface area contributed by atoms with Gasteiger partial charge >= 0.3 is 5.97 Å². The number of benzene rings is 4. The maximum Gasteiger partial charge on any atom is 0.339 e. The SMILES string of the molecule is O=C(OCc1ccc(Oc2ccc([N+](=O)[O-])cc2)cc1)c1ccccc1Sc1c(Cl)cccc1[N+](=O)[O-]. The Hall–Kier alpha value is -4.41. The summed E-state index contributed by atoms with van der Waals surface area (Å²) in [6.45, 7) is -0.0120. The minimum atomic E-state index is -0.594. The third-order valence-corrected chi connectivity index (χ3v) is 6.67. The van der Waals surface area contributed by atoms with Crippen LogP contribution in [0.25, 0.3) is 0 Å². The third-order valence-electron chi connectivity index (χ3n) is 5.04. The van der Waals surface area contributed by atoms with Crippen LogP contribution >= 0.6 is 23.4 Å². The first kappa shape index (κ1) is 25.7. The predicted molar refractivity (Wildman–Crippen MR) is 137 cm³/mol. The van der Waals surface area contributed by atoms with Gasteiger partial charge in [0, 0.05) is 23.1 Å². The first-order valence-corrected chi connectivity index (χ1v) is 11.9. The number of carbonyl (C=O) groups excluding carboxylic acids is 1. The molecule has 0 spiro atoms.